The molecule has 0 fully saturated rings. The lowest BCUT2D eigenvalue weighted by atomic mass is 9.94. The van der Waals surface area contributed by atoms with Gasteiger partial charge in [-0.15, -0.1) is 6.58 Å². The van der Waals surface area contributed by atoms with Crippen molar-refractivity contribution >= 4 is 5.78 Å². The van der Waals surface area contributed by atoms with Gasteiger partial charge in [-0.1, -0.05) is 25.1 Å². The van der Waals surface area contributed by atoms with Crippen LogP contribution in [0.4, 0.5) is 0 Å². The van der Waals surface area contributed by atoms with E-state index in [1.54, 1.807) is 6.92 Å². The molecule has 1 aromatic rings. The predicted molar refractivity (Wildman–Crippen MR) is 81.5 cm³/mol. The molecule has 1 heterocycles. The van der Waals surface area contributed by atoms with Crippen LogP contribution in [0.2, 0.25) is 0 Å². The molecule has 1 atom stereocenters. The van der Waals surface area contributed by atoms with E-state index in [9.17, 15) is 4.79 Å². The van der Waals surface area contributed by atoms with E-state index < -0.39 is 0 Å². The molecule has 2 rings (SSSR count). The quantitative estimate of drug-likeness (QED) is 0.589. The number of fused-ring (bicyclic) bond motifs is 1. The van der Waals surface area contributed by atoms with Crippen LogP contribution in [0.1, 0.15) is 36.2 Å². The largest absolute Gasteiger partial charge is 0.492 e. The molecule has 0 saturated heterocycles. The van der Waals surface area contributed by atoms with Gasteiger partial charge in [-0.3, -0.25) is 9.69 Å². The fourth-order valence-electron chi connectivity index (χ4n) is 2.83. The van der Waals surface area contributed by atoms with Gasteiger partial charge in [-0.05, 0) is 32.4 Å². The number of benzene rings is 1. The first-order valence-corrected chi connectivity index (χ1v) is 7.28. The van der Waals surface area contributed by atoms with Crippen molar-refractivity contribution in [1.82, 2.24) is 4.90 Å². The first-order valence-electron chi connectivity index (χ1n) is 7.28. The standard InChI is InChI=1S/C17H23NO2/c1-4-9-18(10-5-2)14-11-16-15(13(3)19)7-6-8-17(16)20-12-14/h4,6-8,14H,1,5,9-12H2,2-3H3. The molecule has 0 aromatic heterocycles. The van der Waals surface area contributed by atoms with Gasteiger partial charge < -0.3 is 4.74 Å². The van der Waals surface area contributed by atoms with E-state index >= 15 is 0 Å². The minimum atomic E-state index is 0.108. The zero-order valence-electron chi connectivity index (χ0n) is 12.4. The van der Waals surface area contributed by atoms with Gasteiger partial charge in [0.1, 0.15) is 12.4 Å². The van der Waals surface area contributed by atoms with Gasteiger partial charge in [0.15, 0.2) is 5.78 Å². The fourth-order valence-corrected chi connectivity index (χ4v) is 2.83. The van der Waals surface area contributed by atoms with Crippen LogP contribution in [0, 0.1) is 0 Å². The molecule has 3 heteroatoms. The number of nitrogens with zero attached hydrogens (tertiary/aromatic N) is 1. The number of ketones is 1. The Labute approximate surface area is 121 Å². The minimum absolute atomic E-state index is 0.108. The summed E-state index contributed by atoms with van der Waals surface area (Å²) in [7, 11) is 0. The molecular weight excluding hydrogens is 250 g/mol. The third-order valence-electron chi connectivity index (χ3n) is 3.77. The highest BCUT2D eigenvalue weighted by atomic mass is 16.5. The summed E-state index contributed by atoms with van der Waals surface area (Å²) in [6.45, 7) is 10.2. The number of carbonyl (C=O) groups excluding carboxylic acids is 1. The van der Waals surface area contributed by atoms with Crippen molar-refractivity contribution in [3.05, 3.63) is 42.0 Å². The third-order valence-corrected chi connectivity index (χ3v) is 3.77. The lowest BCUT2D eigenvalue weighted by Crippen LogP contribution is -2.44. The molecule has 0 aliphatic carbocycles. The van der Waals surface area contributed by atoms with Gasteiger partial charge in [0.25, 0.3) is 0 Å². The SMILES string of the molecule is C=CCN(CCC)C1COc2cccc(C(C)=O)c2C1. The Morgan fingerprint density at radius 2 is 2.35 bits per heavy atom. The molecule has 1 aliphatic rings. The average molecular weight is 273 g/mol. The van der Waals surface area contributed by atoms with Crippen molar-refractivity contribution in [1.29, 1.82) is 0 Å². The topological polar surface area (TPSA) is 29.5 Å². The minimum Gasteiger partial charge on any atom is -0.492 e. The van der Waals surface area contributed by atoms with Gasteiger partial charge in [-0.2, -0.15) is 0 Å². The zero-order chi connectivity index (χ0) is 14.5. The number of hydrogen-bond acceptors (Lipinski definition) is 3. The molecule has 20 heavy (non-hydrogen) atoms. The number of carbonyl (C=O) groups is 1. The van der Waals surface area contributed by atoms with Crippen LogP contribution < -0.4 is 4.74 Å². The Hall–Kier alpha value is -1.61. The smallest absolute Gasteiger partial charge is 0.160 e. The van der Waals surface area contributed by atoms with Gasteiger partial charge in [0.2, 0.25) is 0 Å². The molecule has 0 N–H and O–H groups in total. The Balaban J connectivity index is 2.24. The van der Waals surface area contributed by atoms with Gasteiger partial charge in [0, 0.05) is 23.7 Å². The maximum atomic E-state index is 11.8. The lowest BCUT2D eigenvalue weighted by Gasteiger charge is -2.35. The van der Waals surface area contributed by atoms with Gasteiger partial charge in [0.05, 0.1) is 0 Å². The third kappa shape index (κ3) is 3.10. The van der Waals surface area contributed by atoms with Gasteiger partial charge >= 0.3 is 0 Å². The molecule has 0 saturated carbocycles. The Morgan fingerprint density at radius 1 is 1.55 bits per heavy atom. The van der Waals surface area contributed by atoms with Crippen LogP contribution in [0.5, 0.6) is 5.75 Å². The van der Waals surface area contributed by atoms with E-state index in [4.69, 9.17) is 4.74 Å². The normalized spacial score (nSPS) is 17.4. The molecule has 108 valence electrons. The zero-order valence-corrected chi connectivity index (χ0v) is 12.4. The van der Waals surface area contributed by atoms with E-state index in [1.807, 2.05) is 24.3 Å². The maximum Gasteiger partial charge on any atom is 0.160 e. The van der Waals surface area contributed by atoms with Crippen molar-refractivity contribution < 1.29 is 9.53 Å². The molecule has 1 aromatic carbocycles. The van der Waals surface area contributed by atoms with Crippen molar-refractivity contribution in [3.63, 3.8) is 0 Å². The van der Waals surface area contributed by atoms with Crippen LogP contribution in [-0.2, 0) is 6.42 Å². The second kappa shape index (κ2) is 6.71. The summed E-state index contributed by atoms with van der Waals surface area (Å²) in [5.41, 5.74) is 1.85. The summed E-state index contributed by atoms with van der Waals surface area (Å²) >= 11 is 0. The van der Waals surface area contributed by atoms with E-state index in [-0.39, 0.29) is 5.78 Å². The van der Waals surface area contributed by atoms with Crippen molar-refractivity contribution in [2.24, 2.45) is 0 Å². The van der Waals surface area contributed by atoms with Gasteiger partial charge in [-0.25, -0.2) is 0 Å². The highest BCUT2D eigenvalue weighted by Gasteiger charge is 2.26. The molecule has 0 bridgehead atoms. The van der Waals surface area contributed by atoms with Crippen molar-refractivity contribution in [3.8, 4) is 5.75 Å². The Morgan fingerprint density at radius 3 is 3.00 bits per heavy atom. The van der Waals surface area contributed by atoms with Crippen molar-refractivity contribution in [2.75, 3.05) is 19.7 Å². The summed E-state index contributed by atoms with van der Waals surface area (Å²) < 4.78 is 5.87. The highest BCUT2D eigenvalue weighted by Crippen LogP contribution is 2.29. The second-order valence-corrected chi connectivity index (χ2v) is 5.29. The number of Topliss-reactive ketones (excluding diaryl/α,β-unsaturated/α-hetero) is 1. The molecule has 0 radical (unpaired) electrons. The molecule has 3 nitrogen and oxygen atoms in total. The van der Waals surface area contributed by atoms with Crippen LogP contribution in [0.15, 0.2) is 30.9 Å². The van der Waals surface area contributed by atoms with E-state index in [2.05, 4.69) is 18.4 Å². The lowest BCUT2D eigenvalue weighted by molar-refractivity contribution is 0.100. The van der Waals surface area contributed by atoms with Crippen LogP contribution in [0.3, 0.4) is 0 Å². The predicted octanol–water partition coefficient (Wildman–Crippen LogP) is 3.09. The molecule has 1 aliphatic heterocycles. The number of hydrogen-bond donors (Lipinski definition) is 0. The fraction of sp³-hybridized carbons (Fsp3) is 0.471. The van der Waals surface area contributed by atoms with Crippen LogP contribution in [-0.4, -0.2) is 36.4 Å². The summed E-state index contributed by atoms with van der Waals surface area (Å²) in [6.07, 6.45) is 3.91. The molecular formula is C17H23NO2. The monoisotopic (exact) mass is 273 g/mol. The first-order chi connectivity index (χ1) is 9.67. The average Bonchev–Trinajstić information content (AvgIpc) is 2.45. The molecule has 0 spiro atoms. The number of rotatable bonds is 6. The maximum absolute atomic E-state index is 11.8. The second-order valence-electron chi connectivity index (χ2n) is 5.29. The molecule has 0 amide bonds. The summed E-state index contributed by atoms with van der Waals surface area (Å²) in [5.74, 6) is 0.973. The van der Waals surface area contributed by atoms with E-state index in [0.29, 0.717) is 12.6 Å². The Kier molecular flexibility index (Phi) is 4.96. The first kappa shape index (κ1) is 14.8. The van der Waals surface area contributed by atoms with Crippen molar-refractivity contribution in [2.45, 2.75) is 32.7 Å². The Bertz CT molecular complexity index is 496. The summed E-state index contributed by atoms with van der Waals surface area (Å²) in [4.78, 5) is 14.1. The van der Waals surface area contributed by atoms with E-state index in [0.717, 1.165) is 42.8 Å². The van der Waals surface area contributed by atoms with Crippen LogP contribution >= 0.6 is 0 Å². The van der Waals surface area contributed by atoms with E-state index in [1.165, 1.54) is 0 Å². The number of ether oxygens (including phenoxy) is 1. The summed E-state index contributed by atoms with van der Waals surface area (Å²) in [5, 5.41) is 0. The highest BCUT2D eigenvalue weighted by molar-refractivity contribution is 5.96. The summed E-state index contributed by atoms with van der Waals surface area (Å²) in [6, 6.07) is 6.06. The molecule has 1 unspecified atom stereocenters. The van der Waals surface area contributed by atoms with Crippen LogP contribution in [0.25, 0.3) is 0 Å².